The van der Waals surface area contributed by atoms with Crippen molar-refractivity contribution in [1.82, 2.24) is 10.2 Å². The van der Waals surface area contributed by atoms with Gasteiger partial charge in [0, 0.05) is 6.54 Å². The summed E-state index contributed by atoms with van der Waals surface area (Å²) in [6, 6.07) is 6.35. The summed E-state index contributed by atoms with van der Waals surface area (Å²) in [6.45, 7) is 4.16. The molecule has 0 aliphatic rings. The average molecular weight is 290 g/mol. The second kappa shape index (κ2) is 5.92. The molecule has 0 saturated carbocycles. The van der Waals surface area contributed by atoms with Crippen LogP contribution in [0.2, 0.25) is 0 Å². The number of benzene rings is 1. The number of nitrogens with one attached hydrogen (secondary N) is 1. The summed E-state index contributed by atoms with van der Waals surface area (Å²) in [5.74, 6) is 0.245. The predicted octanol–water partition coefficient (Wildman–Crippen LogP) is 2.48. The van der Waals surface area contributed by atoms with E-state index >= 15 is 0 Å². The van der Waals surface area contributed by atoms with Crippen molar-refractivity contribution in [3.63, 3.8) is 0 Å². The molecule has 0 atom stereocenters. The largest absolute Gasteiger partial charge is 0.389 e. The molecule has 0 bridgehead atoms. The number of rotatable bonds is 4. The Kier molecular flexibility index (Phi) is 4.24. The Balaban J connectivity index is 2.26. The molecule has 0 aliphatic carbocycles. The lowest BCUT2D eigenvalue weighted by Gasteiger charge is -2.13. The van der Waals surface area contributed by atoms with Gasteiger partial charge in [-0.3, -0.25) is 0 Å². The predicted molar refractivity (Wildman–Crippen MR) is 81.1 cm³/mol. The van der Waals surface area contributed by atoms with Crippen molar-refractivity contribution < 1.29 is 4.39 Å². The summed E-state index contributed by atoms with van der Waals surface area (Å²) in [6.07, 6.45) is 0. The van der Waals surface area contributed by atoms with Crippen molar-refractivity contribution in [2.75, 3.05) is 5.32 Å². The van der Waals surface area contributed by atoms with Gasteiger partial charge in [-0.25, -0.2) is 4.39 Å². The molecule has 0 unspecified atom stereocenters. The van der Waals surface area contributed by atoms with E-state index in [1.54, 1.807) is 6.07 Å². The lowest BCUT2D eigenvalue weighted by molar-refractivity contribution is 0.626. The quantitative estimate of drug-likeness (QED) is 0.847. The molecule has 1 aromatic heterocycles. The molecule has 1 aromatic carbocycles. The number of hydrogen-bond donors (Lipinski definition) is 2. The first-order valence-electron chi connectivity index (χ1n) is 6.11. The normalized spacial score (nSPS) is 10.3. The van der Waals surface area contributed by atoms with Crippen LogP contribution in [-0.2, 0) is 6.54 Å². The van der Waals surface area contributed by atoms with Crippen LogP contribution in [0, 0.1) is 19.7 Å². The van der Waals surface area contributed by atoms with Crippen LogP contribution in [0.25, 0.3) is 0 Å². The number of anilines is 1. The minimum atomic E-state index is -0.273. The maximum atomic E-state index is 13.1. The van der Waals surface area contributed by atoms with E-state index in [9.17, 15) is 4.39 Å². The van der Waals surface area contributed by atoms with Crippen LogP contribution < -0.4 is 11.1 Å². The van der Waals surface area contributed by atoms with Crippen LogP contribution in [0.5, 0.6) is 0 Å². The van der Waals surface area contributed by atoms with E-state index < -0.39 is 0 Å². The van der Waals surface area contributed by atoms with Crippen molar-refractivity contribution in [2.45, 2.75) is 20.4 Å². The zero-order valence-electron chi connectivity index (χ0n) is 11.3. The van der Waals surface area contributed by atoms with Crippen molar-refractivity contribution >= 4 is 23.0 Å². The third-order valence-corrected chi connectivity index (χ3v) is 3.25. The van der Waals surface area contributed by atoms with Crippen LogP contribution in [0.4, 0.5) is 10.2 Å². The van der Waals surface area contributed by atoms with Crippen LogP contribution in [0.3, 0.4) is 0 Å². The minimum Gasteiger partial charge on any atom is -0.389 e. The molecule has 0 radical (unpaired) electrons. The number of nitrogens with two attached hydrogens (primary N) is 1. The van der Waals surface area contributed by atoms with Crippen LogP contribution in [0.1, 0.15) is 22.4 Å². The van der Waals surface area contributed by atoms with Crippen LogP contribution in [0.15, 0.2) is 24.3 Å². The van der Waals surface area contributed by atoms with Gasteiger partial charge in [0.1, 0.15) is 10.8 Å². The Bertz CT molecular complexity index is 658. The third kappa shape index (κ3) is 3.08. The van der Waals surface area contributed by atoms with Crippen LogP contribution >= 0.6 is 12.2 Å². The second-order valence-electron chi connectivity index (χ2n) is 4.48. The molecule has 2 aromatic rings. The SMILES string of the molecule is Cc1nnc(NCc2cccc(F)c2)c(C(N)=S)c1C. The standard InChI is InChI=1S/C14H15FN4S/c1-8-9(2)18-19-14(12(8)13(16)20)17-7-10-4-3-5-11(15)6-10/h3-6H,7H2,1-2H3,(H2,16,20)(H,17,19). The molecule has 6 heteroatoms. The molecular formula is C14H15FN4S. The zero-order valence-corrected chi connectivity index (χ0v) is 12.1. The summed E-state index contributed by atoms with van der Waals surface area (Å²) in [5.41, 5.74) is 8.91. The lowest BCUT2D eigenvalue weighted by Crippen LogP contribution is -2.18. The van der Waals surface area contributed by atoms with Crippen LogP contribution in [-0.4, -0.2) is 15.2 Å². The third-order valence-electron chi connectivity index (χ3n) is 3.05. The molecule has 0 aliphatic heterocycles. The monoisotopic (exact) mass is 290 g/mol. The molecule has 0 fully saturated rings. The summed E-state index contributed by atoms with van der Waals surface area (Å²) >= 11 is 5.06. The molecule has 2 rings (SSSR count). The number of thiocarbonyl (C=S) groups is 1. The molecule has 4 nitrogen and oxygen atoms in total. The highest BCUT2D eigenvalue weighted by molar-refractivity contribution is 7.80. The van der Waals surface area contributed by atoms with Gasteiger partial charge < -0.3 is 11.1 Å². The summed E-state index contributed by atoms with van der Waals surface area (Å²) in [5, 5.41) is 11.2. The Morgan fingerprint density at radius 3 is 2.75 bits per heavy atom. The maximum absolute atomic E-state index is 13.1. The van der Waals surface area contributed by atoms with Gasteiger partial charge in [-0.2, -0.15) is 5.10 Å². The molecule has 104 valence electrons. The summed E-state index contributed by atoms with van der Waals surface area (Å²) < 4.78 is 13.1. The van der Waals surface area contributed by atoms with E-state index in [4.69, 9.17) is 18.0 Å². The molecule has 20 heavy (non-hydrogen) atoms. The first kappa shape index (κ1) is 14.3. The number of aryl methyl sites for hydroxylation is 1. The second-order valence-corrected chi connectivity index (χ2v) is 4.92. The van der Waals surface area contributed by atoms with Gasteiger partial charge in [0.15, 0.2) is 5.82 Å². The van der Waals surface area contributed by atoms with Gasteiger partial charge in [0.25, 0.3) is 0 Å². The molecule has 3 N–H and O–H groups in total. The highest BCUT2D eigenvalue weighted by Gasteiger charge is 2.13. The average Bonchev–Trinajstić information content (AvgIpc) is 2.39. The van der Waals surface area contributed by atoms with E-state index in [1.807, 2.05) is 19.9 Å². The van der Waals surface area contributed by atoms with Gasteiger partial charge >= 0.3 is 0 Å². The van der Waals surface area contributed by atoms with Crippen molar-refractivity contribution in [3.8, 4) is 0 Å². The van der Waals surface area contributed by atoms with E-state index in [0.29, 0.717) is 17.9 Å². The van der Waals surface area contributed by atoms with Crippen molar-refractivity contribution in [2.24, 2.45) is 5.73 Å². The van der Waals surface area contributed by atoms with Gasteiger partial charge in [-0.1, -0.05) is 24.4 Å². The Labute approximate surface area is 122 Å². The smallest absolute Gasteiger partial charge is 0.159 e. The van der Waals surface area contributed by atoms with Crippen molar-refractivity contribution in [1.29, 1.82) is 0 Å². The zero-order chi connectivity index (χ0) is 14.7. The minimum absolute atomic E-state index is 0.266. The highest BCUT2D eigenvalue weighted by atomic mass is 32.1. The van der Waals surface area contributed by atoms with E-state index in [1.165, 1.54) is 12.1 Å². The van der Waals surface area contributed by atoms with E-state index in [2.05, 4.69) is 15.5 Å². The Morgan fingerprint density at radius 1 is 1.35 bits per heavy atom. The number of halogens is 1. The maximum Gasteiger partial charge on any atom is 0.159 e. The molecule has 0 amide bonds. The fourth-order valence-corrected chi connectivity index (χ4v) is 2.12. The highest BCUT2D eigenvalue weighted by Crippen LogP contribution is 2.19. The Hall–Kier alpha value is -2.08. The fraction of sp³-hybridized carbons (Fsp3) is 0.214. The Morgan fingerprint density at radius 2 is 2.10 bits per heavy atom. The molecule has 1 heterocycles. The number of hydrogen-bond acceptors (Lipinski definition) is 4. The first-order chi connectivity index (χ1) is 9.49. The van der Waals surface area contributed by atoms with E-state index in [0.717, 1.165) is 16.8 Å². The molecule has 0 spiro atoms. The fourth-order valence-electron chi connectivity index (χ4n) is 1.87. The lowest BCUT2D eigenvalue weighted by atomic mass is 10.1. The van der Waals surface area contributed by atoms with Gasteiger partial charge in [0.05, 0.1) is 11.3 Å². The molecular weight excluding hydrogens is 275 g/mol. The van der Waals surface area contributed by atoms with Gasteiger partial charge in [0.2, 0.25) is 0 Å². The first-order valence-corrected chi connectivity index (χ1v) is 6.52. The summed E-state index contributed by atoms with van der Waals surface area (Å²) in [4.78, 5) is 0.266. The topological polar surface area (TPSA) is 63.8 Å². The number of nitrogens with zero attached hydrogens (tertiary/aromatic N) is 2. The van der Waals surface area contributed by atoms with Gasteiger partial charge in [-0.15, -0.1) is 5.10 Å². The number of aromatic nitrogens is 2. The van der Waals surface area contributed by atoms with E-state index in [-0.39, 0.29) is 10.8 Å². The van der Waals surface area contributed by atoms with Gasteiger partial charge in [-0.05, 0) is 37.1 Å². The molecule has 0 saturated heterocycles. The summed E-state index contributed by atoms with van der Waals surface area (Å²) in [7, 11) is 0. The van der Waals surface area contributed by atoms with Crippen molar-refractivity contribution in [3.05, 3.63) is 52.5 Å².